The molecule has 0 aromatic heterocycles. The van der Waals surface area contributed by atoms with E-state index in [0.717, 1.165) is 11.8 Å². The van der Waals surface area contributed by atoms with Gasteiger partial charge in [-0.15, -0.1) is 0 Å². The van der Waals surface area contributed by atoms with Gasteiger partial charge < -0.3 is 10.8 Å². The van der Waals surface area contributed by atoms with Gasteiger partial charge in [0.05, 0.1) is 5.69 Å². The lowest BCUT2D eigenvalue weighted by atomic mass is 10.3. The van der Waals surface area contributed by atoms with Gasteiger partial charge in [-0.25, -0.2) is 17.5 Å². The number of sulfonamides is 1. The molecule has 0 fully saturated rings. The second kappa shape index (κ2) is 7.68. The molecule has 0 atom stereocenters. The second-order valence-electron chi connectivity index (χ2n) is 3.74. The molecule has 1 aromatic carbocycles. The molecule has 108 valence electrons. The molecule has 0 saturated heterocycles. The maximum absolute atomic E-state index is 13.2. The summed E-state index contributed by atoms with van der Waals surface area (Å²) < 4.78 is 39.3. The number of aliphatic hydroxyl groups is 1. The van der Waals surface area contributed by atoms with Crippen molar-refractivity contribution < 1.29 is 17.9 Å². The van der Waals surface area contributed by atoms with Crippen LogP contribution in [0.2, 0.25) is 0 Å². The summed E-state index contributed by atoms with van der Waals surface area (Å²) in [5, 5.41) is 8.58. The van der Waals surface area contributed by atoms with Crippen molar-refractivity contribution in [1.29, 1.82) is 0 Å². The van der Waals surface area contributed by atoms with E-state index in [1.54, 1.807) is 0 Å². The molecule has 0 aliphatic carbocycles. The molecule has 0 spiro atoms. The molecule has 0 aliphatic heterocycles. The van der Waals surface area contributed by atoms with Crippen molar-refractivity contribution in [1.82, 2.24) is 4.72 Å². The summed E-state index contributed by atoms with van der Waals surface area (Å²) in [6.45, 7) is 0.354. The fraction of sp³-hybridized carbons (Fsp3) is 0.455. The van der Waals surface area contributed by atoms with Gasteiger partial charge in [0.15, 0.2) is 0 Å². The van der Waals surface area contributed by atoms with Gasteiger partial charge in [0.2, 0.25) is 10.0 Å². The highest BCUT2D eigenvalue weighted by molar-refractivity contribution is 7.99. The fourth-order valence-electron chi connectivity index (χ4n) is 1.35. The van der Waals surface area contributed by atoms with Crippen LogP contribution < -0.4 is 10.5 Å². The van der Waals surface area contributed by atoms with Crippen LogP contribution in [0.5, 0.6) is 0 Å². The molecule has 19 heavy (non-hydrogen) atoms. The van der Waals surface area contributed by atoms with Gasteiger partial charge in [-0.05, 0) is 24.3 Å². The van der Waals surface area contributed by atoms with Crippen molar-refractivity contribution in [3.8, 4) is 0 Å². The summed E-state index contributed by atoms with van der Waals surface area (Å²) in [6.07, 6.45) is 0.675. The highest BCUT2D eigenvalue weighted by Crippen LogP contribution is 2.20. The lowest BCUT2D eigenvalue weighted by Crippen LogP contribution is -2.27. The number of para-hydroxylation sites is 1. The molecule has 0 unspecified atom stereocenters. The van der Waals surface area contributed by atoms with Gasteiger partial charge in [0.1, 0.15) is 10.7 Å². The third-order valence-electron chi connectivity index (χ3n) is 2.29. The first-order valence-corrected chi connectivity index (χ1v) is 8.35. The number of hydrogen-bond acceptors (Lipinski definition) is 5. The van der Waals surface area contributed by atoms with Crippen LogP contribution in [0, 0.1) is 5.82 Å². The quantitative estimate of drug-likeness (QED) is 0.488. The summed E-state index contributed by atoms with van der Waals surface area (Å²) in [5.74, 6) is 0.592. The molecule has 1 aromatic rings. The molecular formula is C11H17FN2O3S2. The van der Waals surface area contributed by atoms with Crippen LogP contribution in [-0.2, 0) is 10.0 Å². The third-order valence-corrected chi connectivity index (χ3v) is 4.88. The number of nitrogens with two attached hydrogens (primary N) is 1. The largest absolute Gasteiger partial charge is 0.396 e. The second-order valence-corrected chi connectivity index (χ2v) is 6.70. The maximum Gasteiger partial charge on any atom is 0.242 e. The highest BCUT2D eigenvalue weighted by atomic mass is 32.2. The SMILES string of the molecule is Nc1c(F)cccc1S(=O)(=O)NCCSCCCO. The minimum atomic E-state index is -3.78. The summed E-state index contributed by atoms with van der Waals surface area (Å²) in [4.78, 5) is -0.243. The van der Waals surface area contributed by atoms with Crippen molar-refractivity contribution in [2.75, 3.05) is 30.4 Å². The first-order chi connectivity index (χ1) is 8.99. The van der Waals surface area contributed by atoms with Gasteiger partial charge in [0, 0.05) is 18.9 Å². The normalized spacial score (nSPS) is 11.7. The Morgan fingerprint density at radius 1 is 1.37 bits per heavy atom. The Kier molecular flexibility index (Phi) is 6.56. The van der Waals surface area contributed by atoms with E-state index < -0.39 is 15.8 Å². The van der Waals surface area contributed by atoms with E-state index in [-0.39, 0.29) is 23.7 Å². The Morgan fingerprint density at radius 3 is 2.79 bits per heavy atom. The standard InChI is InChI=1S/C11H17FN2O3S2/c12-9-3-1-4-10(11(9)13)19(16,17)14-5-8-18-7-2-6-15/h1,3-4,14-15H,2,5-8,13H2. The molecule has 0 bridgehead atoms. The Balaban J connectivity index is 2.54. The van der Waals surface area contributed by atoms with E-state index in [1.807, 2.05) is 0 Å². The topological polar surface area (TPSA) is 92.4 Å². The van der Waals surface area contributed by atoms with Gasteiger partial charge >= 0.3 is 0 Å². The molecule has 0 aliphatic rings. The van der Waals surface area contributed by atoms with E-state index in [2.05, 4.69) is 4.72 Å². The van der Waals surface area contributed by atoms with Gasteiger partial charge in [-0.1, -0.05) is 6.07 Å². The van der Waals surface area contributed by atoms with Crippen LogP contribution in [0.3, 0.4) is 0 Å². The van der Waals surface area contributed by atoms with Gasteiger partial charge in [-0.3, -0.25) is 0 Å². The smallest absolute Gasteiger partial charge is 0.242 e. The van der Waals surface area contributed by atoms with Crippen molar-refractivity contribution in [3.63, 3.8) is 0 Å². The first kappa shape index (κ1) is 16.2. The Hall–Kier alpha value is -0.830. The number of rotatable bonds is 8. The lowest BCUT2D eigenvalue weighted by Gasteiger charge is -2.09. The first-order valence-electron chi connectivity index (χ1n) is 5.71. The number of nitrogen functional groups attached to an aromatic ring is 1. The third kappa shape index (κ3) is 4.98. The van der Waals surface area contributed by atoms with E-state index in [0.29, 0.717) is 12.2 Å². The zero-order valence-corrected chi connectivity index (χ0v) is 11.9. The summed E-state index contributed by atoms with van der Waals surface area (Å²) in [7, 11) is -3.78. The lowest BCUT2D eigenvalue weighted by molar-refractivity contribution is 0.296. The molecule has 0 radical (unpaired) electrons. The zero-order chi connectivity index (χ0) is 14.3. The van der Waals surface area contributed by atoms with Gasteiger partial charge in [0.25, 0.3) is 0 Å². The molecule has 0 heterocycles. The molecule has 1 rings (SSSR count). The predicted molar refractivity (Wildman–Crippen MR) is 75.0 cm³/mol. The molecule has 0 saturated carbocycles. The average molecular weight is 308 g/mol. The Labute approximate surface area is 116 Å². The van der Waals surface area contributed by atoms with Crippen LogP contribution >= 0.6 is 11.8 Å². The van der Waals surface area contributed by atoms with Crippen LogP contribution in [0.15, 0.2) is 23.1 Å². The fourth-order valence-corrected chi connectivity index (χ4v) is 3.43. The number of benzene rings is 1. The number of halogens is 1. The van der Waals surface area contributed by atoms with Gasteiger partial charge in [-0.2, -0.15) is 11.8 Å². The van der Waals surface area contributed by atoms with Crippen LogP contribution in [0.25, 0.3) is 0 Å². The van der Waals surface area contributed by atoms with Crippen LogP contribution in [0.1, 0.15) is 6.42 Å². The monoisotopic (exact) mass is 308 g/mol. The summed E-state index contributed by atoms with van der Waals surface area (Å²) in [6, 6.07) is 3.68. The van der Waals surface area contributed by atoms with Crippen molar-refractivity contribution in [2.45, 2.75) is 11.3 Å². The number of aliphatic hydroxyl groups excluding tert-OH is 1. The minimum absolute atomic E-state index is 0.124. The summed E-state index contributed by atoms with van der Waals surface area (Å²) in [5.41, 5.74) is 5.04. The minimum Gasteiger partial charge on any atom is -0.396 e. The number of anilines is 1. The zero-order valence-electron chi connectivity index (χ0n) is 10.3. The predicted octanol–water partition coefficient (Wildman–Crippen LogP) is 0.802. The number of hydrogen-bond donors (Lipinski definition) is 3. The van der Waals surface area contributed by atoms with E-state index in [4.69, 9.17) is 10.8 Å². The number of nitrogens with one attached hydrogen (secondary N) is 1. The van der Waals surface area contributed by atoms with Crippen molar-refractivity contribution >= 4 is 27.5 Å². The maximum atomic E-state index is 13.2. The van der Waals surface area contributed by atoms with E-state index >= 15 is 0 Å². The van der Waals surface area contributed by atoms with Crippen molar-refractivity contribution in [3.05, 3.63) is 24.0 Å². The molecule has 5 nitrogen and oxygen atoms in total. The Morgan fingerprint density at radius 2 is 2.11 bits per heavy atom. The van der Waals surface area contributed by atoms with Crippen LogP contribution in [0.4, 0.5) is 10.1 Å². The molecule has 0 amide bonds. The molecular weight excluding hydrogens is 291 g/mol. The van der Waals surface area contributed by atoms with Crippen LogP contribution in [-0.4, -0.2) is 38.2 Å². The molecule has 4 N–H and O–H groups in total. The molecule has 8 heteroatoms. The Bertz CT molecular complexity index is 509. The van der Waals surface area contributed by atoms with E-state index in [9.17, 15) is 12.8 Å². The average Bonchev–Trinajstić information content (AvgIpc) is 2.36. The summed E-state index contributed by atoms with van der Waals surface area (Å²) >= 11 is 1.53. The highest BCUT2D eigenvalue weighted by Gasteiger charge is 2.18. The van der Waals surface area contributed by atoms with E-state index in [1.165, 1.54) is 23.9 Å². The number of thioether (sulfide) groups is 1. The van der Waals surface area contributed by atoms with Crippen molar-refractivity contribution in [2.24, 2.45) is 0 Å².